The Kier molecular flexibility index (Phi) is 11.7. The molecule has 0 aliphatic rings. The van der Waals surface area contributed by atoms with Gasteiger partial charge in [0.1, 0.15) is 0 Å². The summed E-state index contributed by atoms with van der Waals surface area (Å²) in [6, 6.07) is 3.80. The van der Waals surface area contributed by atoms with Crippen LogP contribution in [0.5, 0.6) is 0 Å². The molecule has 1 heterocycles. The Morgan fingerprint density at radius 2 is 1.75 bits per heavy atom. The van der Waals surface area contributed by atoms with Gasteiger partial charge in [0.25, 0.3) is 0 Å². The molecule has 0 aromatic carbocycles. The van der Waals surface area contributed by atoms with E-state index in [4.69, 9.17) is 5.73 Å². The maximum Gasteiger partial charge on any atom is 0.225 e. The third kappa shape index (κ3) is 9.49. The van der Waals surface area contributed by atoms with E-state index in [1.165, 1.54) is 51.4 Å². The molecular formula is C21H34N2O. The number of hydrogen-bond acceptors (Lipinski definition) is 2. The Labute approximate surface area is 147 Å². The average molecular weight is 331 g/mol. The first-order valence-electron chi connectivity index (χ1n) is 9.60. The van der Waals surface area contributed by atoms with Crippen LogP contribution in [0.3, 0.4) is 0 Å². The molecule has 0 saturated heterocycles. The highest BCUT2D eigenvalue weighted by Gasteiger charge is 2.17. The van der Waals surface area contributed by atoms with E-state index in [1.807, 2.05) is 12.1 Å². The van der Waals surface area contributed by atoms with E-state index in [0.29, 0.717) is 0 Å². The van der Waals surface area contributed by atoms with Crippen LogP contribution < -0.4 is 5.73 Å². The lowest BCUT2D eigenvalue weighted by molar-refractivity contribution is -0.119. The molecule has 134 valence electrons. The largest absolute Gasteiger partial charge is 0.369 e. The molecular weight excluding hydrogens is 296 g/mol. The van der Waals surface area contributed by atoms with Gasteiger partial charge < -0.3 is 5.73 Å². The molecule has 3 heteroatoms. The van der Waals surface area contributed by atoms with E-state index in [1.54, 1.807) is 12.4 Å². The third-order valence-corrected chi connectivity index (χ3v) is 4.43. The molecule has 0 saturated carbocycles. The van der Waals surface area contributed by atoms with Crippen molar-refractivity contribution in [3.63, 3.8) is 0 Å². The molecule has 0 bridgehead atoms. The zero-order valence-corrected chi connectivity index (χ0v) is 15.3. The zero-order valence-electron chi connectivity index (χ0n) is 15.3. The number of nitrogens with two attached hydrogens (primary N) is 1. The van der Waals surface area contributed by atoms with Gasteiger partial charge in [0.05, 0.1) is 5.92 Å². The minimum atomic E-state index is -0.242. The van der Waals surface area contributed by atoms with Crippen LogP contribution in [-0.2, 0) is 4.79 Å². The summed E-state index contributed by atoms with van der Waals surface area (Å²) in [6.45, 7) is 2.25. The molecule has 0 radical (unpaired) electrons. The summed E-state index contributed by atoms with van der Waals surface area (Å²) in [5.74, 6) is -0.435. The minimum Gasteiger partial charge on any atom is -0.369 e. The van der Waals surface area contributed by atoms with Gasteiger partial charge >= 0.3 is 0 Å². The Morgan fingerprint density at radius 1 is 1.08 bits per heavy atom. The van der Waals surface area contributed by atoms with Crippen LogP contribution in [-0.4, -0.2) is 10.9 Å². The topological polar surface area (TPSA) is 56.0 Å². The molecule has 1 aromatic rings. The van der Waals surface area contributed by atoms with Crippen molar-refractivity contribution in [1.29, 1.82) is 0 Å². The van der Waals surface area contributed by atoms with Crippen molar-refractivity contribution in [2.45, 2.75) is 83.5 Å². The van der Waals surface area contributed by atoms with Crippen molar-refractivity contribution in [1.82, 2.24) is 4.98 Å². The number of allylic oxidation sites excluding steroid dienone is 2. The summed E-state index contributed by atoms with van der Waals surface area (Å²) in [7, 11) is 0. The number of unbranched alkanes of at least 4 members (excludes halogenated alkanes) is 8. The van der Waals surface area contributed by atoms with Crippen molar-refractivity contribution < 1.29 is 4.79 Å². The second kappa shape index (κ2) is 13.8. The fourth-order valence-corrected chi connectivity index (χ4v) is 2.94. The van der Waals surface area contributed by atoms with E-state index >= 15 is 0 Å². The van der Waals surface area contributed by atoms with E-state index in [0.717, 1.165) is 24.8 Å². The van der Waals surface area contributed by atoms with Gasteiger partial charge in [0.2, 0.25) is 5.91 Å². The third-order valence-electron chi connectivity index (χ3n) is 4.43. The van der Waals surface area contributed by atoms with Crippen LogP contribution in [0.15, 0.2) is 36.7 Å². The van der Waals surface area contributed by atoms with Crippen LogP contribution >= 0.6 is 0 Å². The molecule has 0 spiro atoms. The lowest BCUT2D eigenvalue weighted by Crippen LogP contribution is -2.21. The fraction of sp³-hybridized carbons (Fsp3) is 0.619. The summed E-state index contributed by atoms with van der Waals surface area (Å²) < 4.78 is 0. The van der Waals surface area contributed by atoms with Crippen LogP contribution in [0.25, 0.3) is 0 Å². The highest BCUT2D eigenvalue weighted by molar-refractivity contribution is 5.81. The SMILES string of the molecule is CCCCCC/C=C\CCCCCCC(C(N)=O)c1cccnc1. The molecule has 0 fully saturated rings. The standard InChI is InChI=1S/C21H34N2O/c1-2-3-4-5-6-7-8-9-10-11-12-13-16-20(21(22)24)19-15-14-17-23-18-19/h7-8,14-15,17-18,20H,2-6,9-13,16H2,1H3,(H2,22,24)/b8-7-. The summed E-state index contributed by atoms with van der Waals surface area (Å²) in [5.41, 5.74) is 6.47. The predicted octanol–water partition coefficient (Wildman–Crippen LogP) is 5.52. The van der Waals surface area contributed by atoms with E-state index in [2.05, 4.69) is 24.1 Å². The molecule has 1 amide bonds. The molecule has 1 unspecified atom stereocenters. The number of nitrogens with zero attached hydrogens (tertiary/aromatic N) is 1. The van der Waals surface area contributed by atoms with Crippen LogP contribution in [0, 0.1) is 0 Å². The number of primary amides is 1. The lowest BCUT2D eigenvalue weighted by Gasteiger charge is -2.12. The van der Waals surface area contributed by atoms with Crippen molar-refractivity contribution in [3.05, 3.63) is 42.2 Å². The van der Waals surface area contributed by atoms with Crippen LogP contribution in [0.4, 0.5) is 0 Å². The van der Waals surface area contributed by atoms with E-state index < -0.39 is 0 Å². The van der Waals surface area contributed by atoms with E-state index in [9.17, 15) is 4.79 Å². The summed E-state index contributed by atoms with van der Waals surface area (Å²) in [5, 5.41) is 0. The molecule has 2 N–H and O–H groups in total. The molecule has 24 heavy (non-hydrogen) atoms. The molecule has 0 aliphatic heterocycles. The summed E-state index contributed by atoms with van der Waals surface area (Å²) in [6.07, 6.45) is 21.4. The highest BCUT2D eigenvalue weighted by Crippen LogP contribution is 2.21. The highest BCUT2D eigenvalue weighted by atomic mass is 16.1. The predicted molar refractivity (Wildman–Crippen MR) is 102 cm³/mol. The second-order valence-corrected chi connectivity index (χ2v) is 6.55. The van der Waals surface area contributed by atoms with E-state index in [-0.39, 0.29) is 11.8 Å². The minimum absolute atomic E-state index is 0.193. The van der Waals surface area contributed by atoms with Gasteiger partial charge in [0, 0.05) is 12.4 Å². The number of rotatable bonds is 14. The molecule has 1 atom stereocenters. The summed E-state index contributed by atoms with van der Waals surface area (Å²) in [4.78, 5) is 15.7. The van der Waals surface area contributed by atoms with Gasteiger partial charge in [-0.2, -0.15) is 0 Å². The average Bonchev–Trinajstić information content (AvgIpc) is 2.59. The van der Waals surface area contributed by atoms with Crippen molar-refractivity contribution in [2.75, 3.05) is 0 Å². The first-order valence-corrected chi connectivity index (χ1v) is 9.60. The molecule has 3 nitrogen and oxygen atoms in total. The first-order chi connectivity index (χ1) is 11.8. The monoisotopic (exact) mass is 330 g/mol. The summed E-state index contributed by atoms with van der Waals surface area (Å²) >= 11 is 0. The molecule has 1 aromatic heterocycles. The van der Waals surface area contributed by atoms with Crippen molar-refractivity contribution in [2.24, 2.45) is 5.73 Å². The van der Waals surface area contributed by atoms with Gasteiger partial charge in [-0.15, -0.1) is 0 Å². The van der Waals surface area contributed by atoms with Crippen molar-refractivity contribution >= 4 is 5.91 Å². The fourth-order valence-electron chi connectivity index (χ4n) is 2.94. The van der Waals surface area contributed by atoms with Gasteiger partial charge in [-0.3, -0.25) is 9.78 Å². The van der Waals surface area contributed by atoms with Gasteiger partial charge in [-0.05, 0) is 43.7 Å². The van der Waals surface area contributed by atoms with Crippen LogP contribution in [0.2, 0.25) is 0 Å². The quantitative estimate of drug-likeness (QED) is 0.361. The second-order valence-electron chi connectivity index (χ2n) is 6.55. The Hall–Kier alpha value is -1.64. The molecule has 1 rings (SSSR count). The maximum atomic E-state index is 11.6. The number of carbonyl (C=O) groups excluding carboxylic acids is 1. The Morgan fingerprint density at radius 3 is 2.33 bits per heavy atom. The first kappa shape index (κ1) is 20.4. The van der Waals surface area contributed by atoms with Crippen molar-refractivity contribution in [3.8, 4) is 0 Å². The normalized spacial score (nSPS) is 12.5. The number of carbonyl (C=O) groups is 1. The zero-order chi connectivity index (χ0) is 17.5. The Bertz CT molecular complexity index is 456. The Balaban J connectivity index is 2.06. The number of amides is 1. The van der Waals surface area contributed by atoms with Gasteiger partial charge in [0.15, 0.2) is 0 Å². The number of aromatic nitrogens is 1. The number of hydrogen-bond donors (Lipinski definition) is 1. The van der Waals surface area contributed by atoms with Gasteiger partial charge in [-0.1, -0.05) is 63.7 Å². The van der Waals surface area contributed by atoms with Gasteiger partial charge in [-0.25, -0.2) is 0 Å². The smallest absolute Gasteiger partial charge is 0.225 e. The lowest BCUT2D eigenvalue weighted by atomic mass is 9.93. The van der Waals surface area contributed by atoms with Crippen LogP contribution in [0.1, 0.15) is 89.0 Å². The molecule has 0 aliphatic carbocycles. The maximum absolute atomic E-state index is 11.6. The number of pyridine rings is 1.